The molecule has 2 unspecified atom stereocenters. The van der Waals surface area contributed by atoms with Crippen molar-refractivity contribution in [2.24, 2.45) is 0 Å². The number of aliphatic hydroxyl groups is 10. The molecule has 2 aromatic carbocycles. The van der Waals surface area contributed by atoms with Gasteiger partial charge in [0, 0.05) is 11.4 Å². The Bertz CT molecular complexity index is 1510. The van der Waals surface area contributed by atoms with Crippen molar-refractivity contribution in [2.75, 3.05) is 23.8 Å². The van der Waals surface area contributed by atoms with E-state index in [0.717, 1.165) is 48.5 Å². The van der Waals surface area contributed by atoms with Crippen molar-refractivity contribution in [1.29, 1.82) is 0 Å². The van der Waals surface area contributed by atoms with Crippen LogP contribution in [0.1, 0.15) is 0 Å². The summed E-state index contributed by atoms with van der Waals surface area (Å²) in [6, 6.07) is 7.89. The average Bonchev–Trinajstić information content (AvgIpc) is 3.02. The first-order valence-electron chi connectivity index (χ1n) is 13.1. The van der Waals surface area contributed by atoms with Gasteiger partial charge < -0.3 is 61.7 Å². The van der Waals surface area contributed by atoms with Crippen LogP contribution in [0.3, 0.4) is 0 Å². The van der Waals surface area contributed by atoms with E-state index < -0.39 is 103 Å². The molecule has 23 heteroatoms. The first kappa shape index (κ1) is 40.6. The van der Waals surface area contributed by atoms with Gasteiger partial charge in [-0.2, -0.15) is 16.8 Å². The Hall–Kier alpha value is -2.59. The second kappa shape index (κ2) is 16.2. The van der Waals surface area contributed by atoms with Crippen LogP contribution >= 0.6 is 0 Å². The molecule has 47 heavy (non-hydrogen) atoms. The molecular formula is C24H36N2O18S3. The number of anilines is 2. The lowest BCUT2D eigenvalue weighted by Crippen LogP contribution is -2.54. The van der Waals surface area contributed by atoms with Gasteiger partial charge in [0.15, 0.2) is 10.7 Å². The summed E-state index contributed by atoms with van der Waals surface area (Å²) >= 11 is 0. The molecule has 20 nitrogen and oxygen atoms in total. The van der Waals surface area contributed by atoms with Crippen LogP contribution in [-0.2, 0) is 30.1 Å². The number of sulfone groups is 1. The van der Waals surface area contributed by atoms with E-state index in [9.17, 15) is 75.2 Å². The topological polar surface area (TPSA) is 369 Å². The summed E-state index contributed by atoms with van der Waals surface area (Å²) in [6.45, 7) is -2.13. The molecule has 0 aliphatic heterocycles. The van der Waals surface area contributed by atoms with Gasteiger partial charge in [0.2, 0.25) is 9.84 Å². The third kappa shape index (κ3) is 10.2. The van der Waals surface area contributed by atoms with Crippen LogP contribution in [-0.4, -0.2) is 158 Å². The van der Waals surface area contributed by atoms with Gasteiger partial charge in [-0.1, -0.05) is 0 Å². The molecule has 0 heterocycles. The molecule has 0 aliphatic rings. The molecule has 10 atom stereocenters. The third-order valence-electron chi connectivity index (χ3n) is 6.77. The molecule has 0 fully saturated rings. The SMILES string of the molecule is O=S(=O)(c1ccc(NC([C@H](O)[C@@H](O)[C@H](O)[C@H](O)CO)S(=O)(=O)O)cc1)c1ccc(NC([C@H](O)[C@@H](O)[C@H](O)[C@H](O)CO)S(=O)(=O)O)cc1. The number of nitrogens with one attached hydrogen (secondary N) is 2. The van der Waals surface area contributed by atoms with Crippen molar-refractivity contribution in [2.45, 2.75) is 69.4 Å². The summed E-state index contributed by atoms with van der Waals surface area (Å²) in [6.07, 6.45) is -18.1. The molecule has 0 saturated carbocycles. The second-order valence-electron chi connectivity index (χ2n) is 10.2. The molecule has 0 amide bonds. The van der Waals surface area contributed by atoms with Gasteiger partial charge in [0.1, 0.15) is 48.8 Å². The third-order valence-corrected chi connectivity index (χ3v) is 10.6. The standard InChI is InChI=1S/C24H36N2O18S3/c27-9-15(29)17(31)19(33)21(35)23(46(39,40)41)25-11-1-5-13(6-2-11)45(37,38)14-7-3-12(4-8-14)26-24(47(42,43)44)22(36)20(34)18(32)16(30)10-28/h1-8,15-36H,9-10H2,(H,39,40,41)(H,42,43,44)/t15-,16-,17-,18-,19+,20+,21-,22-,23?,24?/m1/s1. The predicted octanol–water partition coefficient (Wildman–Crippen LogP) is -5.36. The Labute approximate surface area is 268 Å². The molecule has 0 bridgehead atoms. The lowest BCUT2D eigenvalue weighted by molar-refractivity contribution is -0.114. The number of hydrogen-bond acceptors (Lipinski definition) is 18. The molecule has 0 aromatic heterocycles. The highest BCUT2D eigenvalue weighted by Crippen LogP contribution is 2.26. The largest absolute Gasteiger partial charge is 0.394 e. The van der Waals surface area contributed by atoms with Gasteiger partial charge in [0.25, 0.3) is 20.2 Å². The van der Waals surface area contributed by atoms with Crippen LogP contribution in [0.2, 0.25) is 0 Å². The van der Waals surface area contributed by atoms with Crippen LogP contribution < -0.4 is 10.6 Å². The second-order valence-corrected chi connectivity index (χ2v) is 15.2. The fraction of sp³-hybridized carbons (Fsp3) is 0.500. The Morgan fingerprint density at radius 2 is 0.745 bits per heavy atom. The van der Waals surface area contributed by atoms with E-state index in [1.807, 2.05) is 0 Å². The molecule has 14 N–H and O–H groups in total. The van der Waals surface area contributed by atoms with E-state index in [-0.39, 0.29) is 21.2 Å². The van der Waals surface area contributed by atoms with Crippen molar-refractivity contribution in [3.8, 4) is 0 Å². The van der Waals surface area contributed by atoms with E-state index in [0.29, 0.717) is 0 Å². The molecule has 0 radical (unpaired) electrons. The van der Waals surface area contributed by atoms with Crippen molar-refractivity contribution >= 4 is 41.4 Å². The normalized spacial score (nSPS) is 19.3. The highest BCUT2D eigenvalue weighted by molar-refractivity contribution is 7.91. The fourth-order valence-corrected chi connectivity index (χ4v) is 6.89. The number of benzene rings is 2. The molecule has 2 aromatic rings. The monoisotopic (exact) mass is 736 g/mol. The van der Waals surface area contributed by atoms with Gasteiger partial charge in [-0.15, -0.1) is 0 Å². The van der Waals surface area contributed by atoms with E-state index in [4.69, 9.17) is 10.2 Å². The van der Waals surface area contributed by atoms with Crippen LogP contribution in [0.5, 0.6) is 0 Å². The minimum atomic E-state index is -5.21. The van der Waals surface area contributed by atoms with Gasteiger partial charge in [-0.3, -0.25) is 9.11 Å². The fourth-order valence-electron chi connectivity index (χ4n) is 4.03. The maximum atomic E-state index is 13.1. The first-order valence-corrected chi connectivity index (χ1v) is 17.6. The summed E-state index contributed by atoms with van der Waals surface area (Å²) in [5.74, 6) is 0. The maximum absolute atomic E-state index is 13.1. The lowest BCUT2D eigenvalue weighted by atomic mass is 10.0. The van der Waals surface area contributed by atoms with E-state index in [1.165, 1.54) is 0 Å². The first-order chi connectivity index (χ1) is 21.6. The average molecular weight is 737 g/mol. The summed E-state index contributed by atoms with van der Waals surface area (Å²) < 4.78 is 92.9. The number of rotatable bonds is 18. The molecule has 2 rings (SSSR count). The summed E-state index contributed by atoms with van der Waals surface area (Å²) in [4.78, 5) is -0.778. The van der Waals surface area contributed by atoms with E-state index in [2.05, 4.69) is 10.6 Å². The van der Waals surface area contributed by atoms with Crippen molar-refractivity contribution in [1.82, 2.24) is 0 Å². The summed E-state index contributed by atoms with van der Waals surface area (Å²) in [5, 5.41) is 96.3. The van der Waals surface area contributed by atoms with Gasteiger partial charge in [-0.05, 0) is 48.5 Å². The smallest absolute Gasteiger partial charge is 0.288 e. The lowest BCUT2D eigenvalue weighted by Gasteiger charge is -2.30. The Kier molecular flexibility index (Phi) is 14.0. The highest BCUT2D eigenvalue weighted by Gasteiger charge is 2.42. The molecule has 0 aliphatic carbocycles. The molecule has 0 saturated heterocycles. The Morgan fingerprint density at radius 3 is 0.979 bits per heavy atom. The minimum absolute atomic E-state index is 0.219. The number of aliphatic hydroxyl groups excluding tert-OH is 10. The quantitative estimate of drug-likeness (QED) is 0.0635. The zero-order valence-corrected chi connectivity index (χ0v) is 26.3. The molecular weight excluding hydrogens is 700 g/mol. The predicted molar refractivity (Wildman–Crippen MR) is 158 cm³/mol. The van der Waals surface area contributed by atoms with Crippen LogP contribution in [0.4, 0.5) is 11.4 Å². The summed E-state index contributed by atoms with van der Waals surface area (Å²) in [7, 11) is -14.8. The maximum Gasteiger partial charge on any atom is 0.288 e. The van der Waals surface area contributed by atoms with Crippen molar-refractivity contribution < 1.29 is 85.4 Å². The number of hydrogen-bond donors (Lipinski definition) is 14. The molecule has 0 spiro atoms. The molecule has 268 valence electrons. The van der Waals surface area contributed by atoms with Crippen LogP contribution in [0.15, 0.2) is 58.3 Å². The van der Waals surface area contributed by atoms with Gasteiger partial charge >= 0.3 is 0 Å². The zero-order valence-electron chi connectivity index (χ0n) is 23.8. The van der Waals surface area contributed by atoms with E-state index in [1.54, 1.807) is 0 Å². The highest BCUT2D eigenvalue weighted by atomic mass is 32.2. The van der Waals surface area contributed by atoms with Gasteiger partial charge in [0.05, 0.1) is 23.0 Å². The van der Waals surface area contributed by atoms with Crippen LogP contribution in [0, 0.1) is 0 Å². The van der Waals surface area contributed by atoms with E-state index >= 15 is 0 Å². The van der Waals surface area contributed by atoms with Gasteiger partial charge in [-0.25, -0.2) is 8.42 Å². The zero-order chi connectivity index (χ0) is 36.1. The van der Waals surface area contributed by atoms with Crippen molar-refractivity contribution in [3.63, 3.8) is 0 Å². The summed E-state index contributed by atoms with van der Waals surface area (Å²) in [5.41, 5.74) is -0.439. The Balaban J connectivity index is 2.28. The minimum Gasteiger partial charge on any atom is -0.394 e. The Morgan fingerprint density at radius 1 is 0.468 bits per heavy atom. The van der Waals surface area contributed by atoms with Crippen molar-refractivity contribution in [3.05, 3.63) is 48.5 Å². The van der Waals surface area contributed by atoms with Crippen LogP contribution in [0.25, 0.3) is 0 Å².